The molecule has 0 bridgehead atoms. The molecule has 1 aromatic carbocycles. The first-order valence-electron chi connectivity index (χ1n) is 5.84. The Balaban J connectivity index is 2.43. The highest BCUT2D eigenvalue weighted by molar-refractivity contribution is 6.19. The van der Waals surface area contributed by atoms with E-state index in [9.17, 15) is 14.0 Å². The molecule has 5 nitrogen and oxygen atoms in total. The van der Waals surface area contributed by atoms with E-state index in [4.69, 9.17) is 14.2 Å². The van der Waals surface area contributed by atoms with Crippen LogP contribution in [-0.2, 0) is 19.1 Å². The zero-order valence-electron chi connectivity index (χ0n) is 11.2. The van der Waals surface area contributed by atoms with Gasteiger partial charge in [0, 0.05) is 19.4 Å². The third-order valence-electron chi connectivity index (χ3n) is 2.61. The molecule has 106 valence electrons. The van der Waals surface area contributed by atoms with Gasteiger partial charge in [-0.3, -0.25) is 0 Å². The highest BCUT2D eigenvalue weighted by Crippen LogP contribution is 2.27. The first-order valence-corrected chi connectivity index (χ1v) is 5.84. The van der Waals surface area contributed by atoms with E-state index < -0.39 is 23.5 Å². The molecular weight excluding hydrogens is 267 g/mol. The Hall–Kier alpha value is -2.37. The number of hydrogen-bond donors (Lipinski definition) is 0. The summed E-state index contributed by atoms with van der Waals surface area (Å²) >= 11 is 0. The van der Waals surface area contributed by atoms with Crippen LogP contribution in [0.2, 0.25) is 0 Å². The number of carbonyl (C=O) groups is 2. The number of carbonyl (C=O) groups excluding carboxylic acids is 2. The average molecular weight is 280 g/mol. The number of hydrogen-bond acceptors (Lipinski definition) is 5. The van der Waals surface area contributed by atoms with E-state index >= 15 is 0 Å². The van der Waals surface area contributed by atoms with E-state index in [0.29, 0.717) is 5.75 Å². The quantitative estimate of drug-likeness (QED) is 0.471. The predicted molar refractivity (Wildman–Crippen MR) is 67.2 cm³/mol. The van der Waals surface area contributed by atoms with E-state index in [0.717, 1.165) is 6.07 Å². The molecule has 0 aliphatic carbocycles. The minimum absolute atomic E-state index is 0.246. The van der Waals surface area contributed by atoms with Crippen LogP contribution in [0.4, 0.5) is 4.39 Å². The van der Waals surface area contributed by atoms with E-state index in [2.05, 4.69) is 0 Å². The fraction of sp³-hybridized carbons (Fsp3) is 0.286. The Bertz CT molecular complexity index is 582. The summed E-state index contributed by atoms with van der Waals surface area (Å²) in [7, 11) is 1.40. The predicted octanol–water partition coefficient (Wildman–Crippen LogP) is 2.05. The first-order chi connectivity index (χ1) is 9.32. The molecule has 1 aliphatic rings. The largest absolute Gasteiger partial charge is 0.496 e. The van der Waals surface area contributed by atoms with Gasteiger partial charge in [0.25, 0.3) is 5.79 Å². The number of cyclic esters (lactones) is 2. The number of halogens is 1. The third-order valence-corrected chi connectivity index (χ3v) is 2.61. The van der Waals surface area contributed by atoms with Crippen LogP contribution in [0.5, 0.6) is 5.75 Å². The van der Waals surface area contributed by atoms with Gasteiger partial charge in [0.15, 0.2) is 0 Å². The molecule has 1 aliphatic heterocycles. The maximum atomic E-state index is 13.2. The SMILES string of the molecule is COc1ccc(F)cc1C=C1C(=O)OC(C)(C)OC1=O. The summed E-state index contributed by atoms with van der Waals surface area (Å²) in [4.78, 5) is 23.6. The molecule has 2 rings (SSSR count). The second-order valence-corrected chi connectivity index (χ2v) is 4.62. The van der Waals surface area contributed by atoms with Crippen molar-refractivity contribution in [3.8, 4) is 5.75 Å². The van der Waals surface area contributed by atoms with Crippen molar-refractivity contribution in [2.24, 2.45) is 0 Å². The summed E-state index contributed by atoms with van der Waals surface area (Å²) in [5.41, 5.74) is -0.0654. The lowest BCUT2D eigenvalue weighted by Crippen LogP contribution is -2.41. The van der Waals surface area contributed by atoms with Gasteiger partial charge in [-0.1, -0.05) is 0 Å². The van der Waals surface area contributed by atoms with E-state index in [1.807, 2.05) is 0 Å². The van der Waals surface area contributed by atoms with Crippen LogP contribution in [0.25, 0.3) is 6.08 Å². The van der Waals surface area contributed by atoms with Crippen LogP contribution >= 0.6 is 0 Å². The number of benzene rings is 1. The van der Waals surface area contributed by atoms with Gasteiger partial charge in [-0.15, -0.1) is 0 Å². The standard InChI is InChI=1S/C14H13FO5/c1-14(2)19-12(16)10(13(17)20-14)7-8-6-9(15)4-5-11(8)18-3/h4-7H,1-3H3. The second-order valence-electron chi connectivity index (χ2n) is 4.62. The summed E-state index contributed by atoms with van der Waals surface area (Å²) in [6.45, 7) is 2.89. The molecule has 0 saturated carbocycles. The number of ether oxygens (including phenoxy) is 3. The average Bonchev–Trinajstić information content (AvgIpc) is 2.33. The molecule has 20 heavy (non-hydrogen) atoms. The van der Waals surface area contributed by atoms with Crippen molar-refractivity contribution in [3.63, 3.8) is 0 Å². The monoisotopic (exact) mass is 280 g/mol. The van der Waals surface area contributed by atoms with Crippen LogP contribution in [0.1, 0.15) is 19.4 Å². The summed E-state index contributed by atoms with van der Waals surface area (Å²) < 4.78 is 28.2. The fourth-order valence-corrected chi connectivity index (χ4v) is 1.75. The zero-order chi connectivity index (χ0) is 14.9. The summed E-state index contributed by atoms with van der Waals surface area (Å²) in [5.74, 6) is -3.15. The topological polar surface area (TPSA) is 61.8 Å². The van der Waals surface area contributed by atoms with E-state index in [1.165, 1.54) is 39.2 Å². The Morgan fingerprint density at radius 1 is 1.20 bits per heavy atom. The molecule has 0 atom stereocenters. The lowest BCUT2D eigenvalue weighted by Gasteiger charge is -2.29. The smallest absolute Gasteiger partial charge is 0.348 e. The molecule has 0 unspecified atom stereocenters. The van der Waals surface area contributed by atoms with Gasteiger partial charge in [-0.2, -0.15) is 0 Å². The maximum Gasteiger partial charge on any atom is 0.348 e. The second kappa shape index (κ2) is 4.96. The van der Waals surface area contributed by atoms with Crippen LogP contribution in [0, 0.1) is 5.82 Å². The molecule has 1 heterocycles. The van der Waals surface area contributed by atoms with Crippen molar-refractivity contribution in [2.45, 2.75) is 19.6 Å². The molecule has 0 aromatic heterocycles. The van der Waals surface area contributed by atoms with E-state index in [1.54, 1.807) is 0 Å². The van der Waals surface area contributed by atoms with Crippen molar-refractivity contribution in [3.05, 3.63) is 35.2 Å². The van der Waals surface area contributed by atoms with Crippen LogP contribution in [0.15, 0.2) is 23.8 Å². The summed E-state index contributed by atoms with van der Waals surface area (Å²) in [6.07, 6.45) is 1.18. The molecule has 0 N–H and O–H groups in total. The van der Waals surface area contributed by atoms with Crippen LogP contribution in [-0.4, -0.2) is 24.8 Å². The molecule has 1 fully saturated rings. The Labute approximate surface area is 114 Å². The van der Waals surface area contributed by atoms with Gasteiger partial charge in [0.05, 0.1) is 7.11 Å². The molecule has 6 heteroatoms. The van der Waals surface area contributed by atoms with Gasteiger partial charge < -0.3 is 14.2 Å². The minimum atomic E-state index is -1.31. The van der Waals surface area contributed by atoms with Crippen molar-refractivity contribution in [1.29, 1.82) is 0 Å². The fourth-order valence-electron chi connectivity index (χ4n) is 1.75. The van der Waals surface area contributed by atoms with E-state index in [-0.39, 0.29) is 11.1 Å². The normalized spacial score (nSPS) is 17.3. The van der Waals surface area contributed by atoms with Crippen LogP contribution in [0.3, 0.4) is 0 Å². The maximum absolute atomic E-state index is 13.2. The van der Waals surface area contributed by atoms with Gasteiger partial charge in [-0.25, -0.2) is 14.0 Å². The Morgan fingerprint density at radius 3 is 2.35 bits per heavy atom. The molecule has 1 aromatic rings. The number of esters is 2. The van der Waals surface area contributed by atoms with Gasteiger partial charge in [0.1, 0.15) is 17.1 Å². The van der Waals surface area contributed by atoms with Crippen molar-refractivity contribution >= 4 is 18.0 Å². The third kappa shape index (κ3) is 2.79. The van der Waals surface area contributed by atoms with Crippen molar-refractivity contribution in [2.75, 3.05) is 7.11 Å². The molecule has 0 amide bonds. The minimum Gasteiger partial charge on any atom is -0.496 e. The van der Waals surface area contributed by atoms with Crippen LogP contribution < -0.4 is 4.74 Å². The summed E-state index contributed by atoms with van der Waals surface area (Å²) in [6, 6.07) is 3.75. The Morgan fingerprint density at radius 2 is 1.80 bits per heavy atom. The highest BCUT2D eigenvalue weighted by atomic mass is 19.1. The van der Waals surface area contributed by atoms with Crippen molar-refractivity contribution in [1.82, 2.24) is 0 Å². The molecular formula is C14H13FO5. The highest BCUT2D eigenvalue weighted by Gasteiger charge is 2.38. The Kier molecular flexibility index (Phi) is 3.48. The van der Waals surface area contributed by atoms with Gasteiger partial charge in [0.2, 0.25) is 0 Å². The number of rotatable bonds is 2. The first kappa shape index (κ1) is 14.0. The summed E-state index contributed by atoms with van der Waals surface area (Å²) in [5, 5.41) is 0. The van der Waals surface area contributed by atoms with Gasteiger partial charge in [-0.05, 0) is 24.3 Å². The van der Waals surface area contributed by atoms with Crippen molar-refractivity contribution < 1.29 is 28.2 Å². The zero-order valence-corrected chi connectivity index (χ0v) is 11.2. The molecule has 0 spiro atoms. The van der Waals surface area contributed by atoms with Gasteiger partial charge >= 0.3 is 11.9 Å². The molecule has 1 saturated heterocycles. The lowest BCUT2D eigenvalue weighted by atomic mass is 10.1. The lowest BCUT2D eigenvalue weighted by molar-refractivity contribution is -0.222. The molecule has 0 radical (unpaired) electrons. The number of methoxy groups -OCH3 is 1.